The number of nitrogens with zero attached hydrogens (tertiary/aromatic N) is 4. The Balaban J connectivity index is 1.88. The van der Waals surface area contributed by atoms with E-state index < -0.39 is 23.9 Å². The number of carbonyl (C=O) groups is 2. The number of halogens is 1. The Labute approximate surface area is 141 Å². The highest BCUT2D eigenvalue weighted by Crippen LogP contribution is 2.23. The molecule has 0 radical (unpaired) electrons. The molecule has 1 unspecified atom stereocenters. The maximum absolute atomic E-state index is 13.2. The first kappa shape index (κ1) is 16.3. The number of aromatic nitrogens is 2. The highest BCUT2D eigenvalue weighted by Gasteiger charge is 2.37. The molecule has 1 aliphatic heterocycles. The summed E-state index contributed by atoms with van der Waals surface area (Å²) < 4.78 is 18.2. The molecule has 0 saturated carbocycles. The summed E-state index contributed by atoms with van der Waals surface area (Å²) in [5.74, 6) is -1.00. The molecule has 1 atom stereocenters. The van der Waals surface area contributed by atoms with Crippen molar-refractivity contribution in [2.45, 2.75) is 12.5 Å². The lowest BCUT2D eigenvalue weighted by atomic mass is 10.1. The van der Waals surface area contributed by atoms with E-state index in [9.17, 15) is 14.0 Å². The molecule has 126 valence electrons. The van der Waals surface area contributed by atoms with Crippen LogP contribution in [0.25, 0.3) is 0 Å². The number of nitrogens with one attached hydrogen (secondary N) is 1. The highest BCUT2D eigenvalue weighted by atomic mass is 19.1. The summed E-state index contributed by atoms with van der Waals surface area (Å²) in [5.41, 5.74) is 0.458. The van der Waals surface area contributed by atoms with Gasteiger partial charge in [-0.2, -0.15) is 5.26 Å². The van der Waals surface area contributed by atoms with E-state index in [-0.39, 0.29) is 30.1 Å². The van der Waals surface area contributed by atoms with Gasteiger partial charge in [-0.1, -0.05) is 0 Å². The number of cyclic esters (lactones) is 1. The van der Waals surface area contributed by atoms with Gasteiger partial charge in [-0.3, -0.25) is 9.78 Å². The van der Waals surface area contributed by atoms with Gasteiger partial charge in [-0.15, -0.1) is 0 Å². The molecule has 1 fully saturated rings. The van der Waals surface area contributed by atoms with Gasteiger partial charge in [-0.25, -0.2) is 19.1 Å². The fraction of sp³-hybridized carbons (Fsp3) is 0.188. The molecule has 3 rings (SSSR count). The van der Waals surface area contributed by atoms with Crippen LogP contribution in [-0.2, 0) is 9.53 Å². The molecule has 0 spiro atoms. The molecule has 9 heteroatoms. The Morgan fingerprint density at radius 2 is 2.28 bits per heavy atom. The largest absolute Gasteiger partial charge is 0.449 e. The van der Waals surface area contributed by atoms with Crippen LogP contribution in [0.4, 0.5) is 20.7 Å². The zero-order chi connectivity index (χ0) is 17.8. The minimum absolute atomic E-state index is 0.0623. The molecule has 3 heterocycles. The lowest BCUT2D eigenvalue weighted by Crippen LogP contribution is -2.52. The Morgan fingerprint density at radius 3 is 3.04 bits per heavy atom. The number of hydrogen-bond acceptors (Lipinski definition) is 6. The molecule has 0 aliphatic carbocycles. The van der Waals surface area contributed by atoms with Crippen molar-refractivity contribution in [3.8, 4) is 6.07 Å². The van der Waals surface area contributed by atoms with E-state index in [0.717, 1.165) is 17.2 Å². The number of ether oxygens (including phenoxy) is 1. The topological polar surface area (TPSA) is 108 Å². The van der Waals surface area contributed by atoms with E-state index in [0.29, 0.717) is 0 Å². The zero-order valence-electron chi connectivity index (χ0n) is 12.8. The van der Waals surface area contributed by atoms with E-state index in [1.165, 1.54) is 24.5 Å². The molecular weight excluding hydrogens is 329 g/mol. The third-order valence-electron chi connectivity index (χ3n) is 3.52. The first-order valence-corrected chi connectivity index (χ1v) is 7.32. The molecule has 25 heavy (non-hydrogen) atoms. The van der Waals surface area contributed by atoms with Crippen molar-refractivity contribution in [1.29, 1.82) is 5.26 Å². The van der Waals surface area contributed by atoms with Crippen molar-refractivity contribution in [1.82, 2.24) is 9.97 Å². The van der Waals surface area contributed by atoms with Crippen LogP contribution in [0.2, 0.25) is 0 Å². The molecule has 1 N–H and O–H groups in total. The van der Waals surface area contributed by atoms with Crippen LogP contribution in [0.15, 0.2) is 36.8 Å². The van der Waals surface area contributed by atoms with Gasteiger partial charge >= 0.3 is 6.09 Å². The first-order chi connectivity index (χ1) is 12.1. The normalized spacial score (nSPS) is 16.7. The van der Waals surface area contributed by atoms with Gasteiger partial charge in [0.05, 0.1) is 36.3 Å². The number of hydrogen-bond donors (Lipinski definition) is 1. The van der Waals surface area contributed by atoms with Crippen molar-refractivity contribution in [2.24, 2.45) is 0 Å². The average molecular weight is 341 g/mol. The molecule has 2 aromatic rings. The number of anilines is 2. The predicted molar refractivity (Wildman–Crippen MR) is 84.0 cm³/mol. The van der Waals surface area contributed by atoms with E-state index >= 15 is 0 Å². The van der Waals surface area contributed by atoms with Crippen LogP contribution in [-0.4, -0.2) is 34.6 Å². The van der Waals surface area contributed by atoms with Gasteiger partial charge in [-0.05, 0) is 12.1 Å². The van der Waals surface area contributed by atoms with Gasteiger partial charge < -0.3 is 10.1 Å². The highest BCUT2D eigenvalue weighted by molar-refractivity contribution is 6.03. The third-order valence-corrected chi connectivity index (χ3v) is 3.52. The number of amides is 2. The average Bonchev–Trinajstić information content (AvgIpc) is 2.61. The summed E-state index contributed by atoms with van der Waals surface area (Å²) in [7, 11) is 0. The van der Waals surface area contributed by atoms with E-state index in [1.807, 2.05) is 6.07 Å². The lowest BCUT2D eigenvalue weighted by Gasteiger charge is -2.33. The number of nitriles is 1. The monoisotopic (exact) mass is 341 g/mol. The molecule has 1 saturated heterocycles. The van der Waals surface area contributed by atoms with E-state index in [2.05, 4.69) is 15.3 Å². The quantitative estimate of drug-likeness (QED) is 0.912. The van der Waals surface area contributed by atoms with Crippen molar-refractivity contribution in [3.05, 3.63) is 48.2 Å². The van der Waals surface area contributed by atoms with E-state index in [4.69, 9.17) is 10.00 Å². The summed E-state index contributed by atoms with van der Waals surface area (Å²) in [5, 5.41) is 11.5. The lowest BCUT2D eigenvalue weighted by molar-refractivity contribution is -0.118. The van der Waals surface area contributed by atoms with Gasteiger partial charge in [0.15, 0.2) is 0 Å². The summed E-state index contributed by atoms with van der Waals surface area (Å²) >= 11 is 0. The molecule has 0 aromatic carbocycles. The summed E-state index contributed by atoms with van der Waals surface area (Å²) in [6.45, 7) is 0.0623. The van der Waals surface area contributed by atoms with Crippen LogP contribution in [0.5, 0.6) is 0 Å². The second kappa shape index (κ2) is 6.92. The van der Waals surface area contributed by atoms with E-state index in [1.54, 1.807) is 0 Å². The van der Waals surface area contributed by atoms with Gasteiger partial charge in [0.25, 0.3) is 0 Å². The maximum Gasteiger partial charge on any atom is 0.416 e. The standard InChI is InChI=1S/C16H12FN5O3/c17-11-6-12(9-19-8-11)21-15(23)13-2-4-25-16(24)22(13)14-5-10(7-18)1-3-20-14/h1,3,5-6,8-9,13H,2,4H2,(H,21,23). The SMILES string of the molecule is N#Cc1ccnc(N2C(=O)OCCC2C(=O)Nc2cncc(F)c2)c1. The second-order valence-corrected chi connectivity index (χ2v) is 5.18. The summed E-state index contributed by atoms with van der Waals surface area (Å²) in [4.78, 5) is 33.5. The van der Waals surface area contributed by atoms with Crippen molar-refractivity contribution in [3.63, 3.8) is 0 Å². The maximum atomic E-state index is 13.2. The number of pyridine rings is 2. The first-order valence-electron chi connectivity index (χ1n) is 7.32. The Hall–Kier alpha value is -3.54. The van der Waals surface area contributed by atoms with Crippen LogP contribution in [0.1, 0.15) is 12.0 Å². The molecule has 0 bridgehead atoms. The third kappa shape index (κ3) is 3.53. The van der Waals surface area contributed by atoms with Crippen LogP contribution in [0.3, 0.4) is 0 Å². The van der Waals surface area contributed by atoms with Gasteiger partial charge in [0.2, 0.25) is 5.91 Å². The summed E-state index contributed by atoms with van der Waals surface area (Å²) in [6.07, 6.45) is 3.14. The van der Waals surface area contributed by atoms with Crippen LogP contribution < -0.4 is 10.2 Å². The van der Waals surface area contributed by atoms with Gasteiger partial charge in [0.1, 0.15) is 17.7 Å². The van der Waals surface area contributed by atoms with Crippen molar-refractivity contribution < 1.29 is 18.7 Å². The predicted octanol–water partition coefficient (Wildman–Crippen LogP) is 1.84. The molecule has 2 amide bonds. The Morgan fingerprint density at radius 1 is 1.44 bits per heavy atom. The van der Waals surface area contributed by atoms with Gasteiger partial charge in [0, 0.05) is 18.7 Å². The smallest absolute Gasteiger partial charge is 0.416 e. The fourth-order valence-electron chi connectivity index (χ4n) is 2.41. The number of rotatable bonds is 3. The van der Waals surface area contributed by atoms with Crippen LogP contribution >= 0.6 is 0 Å². The minimum Gasteiger partial charge on any atom is -0.449 e. The number of carbonyl (C=O) groups excluding carboxylic acids is 2. The minimum atomic E-state index is -0.911. The van der Waals surface area contributed by atoms with Crippen molar-refractivity contribution in [2.75, 3.05) is 16.8 Å². The summed E-state index contributed by atoms with van der Waals surface area (Å²) in [6, 6.07) is 5.01. The molecule has 8 nitrogen and oxygen atoms in total. The molecule has 1 aliphatic rings. The Kier molecular flexibility index (Phi) is 4.52. The molecular formula is C16H12FN5O3. The zero-order valence-corrected chi connectivity index (χ0v) is 12.8. The molecule has 2 aromatic heterocycles. The van der Waals surface area contributed by atoms with Crippen LogP contribution in [0, 0.1) is 17.1 Å². The second-order valence-electron chi connectivity index (χ2n) is 5.18. The Bertz CT molecular complexity index is 867. The van der Waals surface area contributed by atoms with Crippen molar-refractivity contribution >= 4 is 23.5 Å². The fourth-order valence-corrected chi connectivity index (χ4v) is 2.41.